The number of hydrogen-bond acceptors (Lipinski definition) is 2. The summed E-state index contributed by atoms with van der Waals surface area (Å²) in [6.45, 7) is 11.7. The van der Waals surface area contributed by atoms with E-state index in [9.17, 15) is 0 Å². The molecular weight excluding hydrogens is 300 g/mol. The standard InChI is InChI=1S/C16H27BrN2/c1-5-12(3)11-19(6-2)16(10-18)14-8-7-13(4)9-15(14)17/h7-9,12,16H,5-6,10-11,18H2,1-4H3. The van der Waals surface area contributed by atoms with E-state index in [0.717, 1.165) is 13.1 Å². The molecule has 1 rings (SSSR count). The van der Waals surface area contributed by atoms with Crippen LogP contribution in [0.15, 0.2) is 22.7 Å². The number of halogens is 1. The molecule has 0 spiro atoms. The largest absolute Gasteiger partial charge is 0.329 e. The van der Waals surface area contributed by atoms with E-state index in [2.05, 4.69) is 66.7 Å². The molecule has 0 bridgehead atoms. The molecule has 3 heteroatoms. The highest BCUT2D eigenvalue weighted by molar-refractivity contribution is 9.10. The molecule has 19 heavy (non-hydrogen) atoms. The molecule has 0 saturated heterocycles. The monoisotopic (exact) mass is 326 g/mol. The number of hydrogen-bond donors (Lipinski definition) is 1. The van der Waals surface area contributed by atoms with Crippen LogP contribution >= 0.6 is 15.9 Å². The molecule has 0 fully saturated rings. The number of rotatable bonds is 7. The van der Waals surface area contributed by atoms with Crippen LogP contribution < -0.4 is 5.73 Å². The van der Waals surface area contributed by atoms with Crippen molar-refractivity contribution in [3.05, 3.63) is 33.8 Å². The van der Waals surface area contributed by atoms with E-state index in [0.29, 0.717) is 18.5 Å². The number of nitrogens with zero attached hydrogens (tertiary/aromatic N) is 1. The van der Waals surface area contributed by atoms with Gasteiger partial charge in [0.1, 0.15) is 0 Å². The zero-order valence-corrected chi connectivity index (χ0v) is 14.2. The van der Waals surface area contributed by atoms with Crippen molar-refractivity contribution >= 4 is 15.9 Å². The van der Waals surface area contributed by atoms with Crippen LogP contribution in [-0.2, 0) is 0 Å². The molecule has 0 aliphatic rings. The molecule has 2 N–H and O–H groups in total. The van der Waals surface area contributed by atoms with E-state index in [-0.39, 0.29) is 0 Å². The van der Waals surface area contributed by atoms with Gasteiger partial charge in [-0.25, -0.2) is 0 Å². The second-order valence-corrected chi connectivity index (χ2v) is 6.23. The summed E-state index contributed by atoms with van der Waals surface area (Å²) >= 11 is 3.69. The third kappa shape index (κ3) is 4.59. The Morgan fingerprint density at radius 1 is 1.32 bits per heavy atom. The Bertz CT molecular complexity index is 392. The maximum absolute atomic E-state index is 6.04. The first-order valence-corrected chi connectivity index (χ1v) is 8.02. The fraction of sp³-hybridized carbons (Fsp3) is 0.625. The van der Waals surface area contributed by atoms with Crippen LogP contribution in [0.4, 0.5) is 0 Å². The van der Waals surface area contributed by atoms with Gasteiger partial charge in [-0.2, -0.15) is 0 Å². The quantitative estimate of drug-likeness (QED) is 0.816. The SMILES string of the molecule is CCC(C)CN(CC)C(CN)c1ccc(C)cc1Br. The Hall–Kier alpha value is -0.380. The number of benzene rings is 1. The Morgan fingerprint density at radius 2 is 2.00 bits per heavy atom. The second-order valence-electron chi connectivity index (χ2n) is 5.38. The van der Waals surface area contributed by atoms with Gasteiger partial charge >= 0.3 is 0 Å². The highest BCUT2D eigenvalue weighted by atomic mass is 79.9. The van der Waals surface area contributed by atoms with Crippen LogP contribution in [-0.4, -0.2) is 24.5 Å². The van der Waals surface area contributed by atoms with Gasteiger partial charge < -0.3 is 5.73 Å². The summed E-state index contributed by atoms with van der Waals surface area (Å²) in [5.74, 6) is 0.707. The van der Waals surface area contributed by atoms with Crippen LogP contribution in [0.1, 0.15) is 44.4 Å². The summed E-state index contributed by atoms with van der Waals surface area (Å²) in [6.07, 6.45) is 1.21. The van der Waals surface area contributed by atoms with Gasteiger partial charge in [0.15, 0.2) is 0 Å². The molecule has 0 saturated carbocycles. The molecule has 0 aromatic heterocycles. The summed E-state index contributed by atoms with van der Waals surface area (Å²) in [5.41, 5.74) is 8.62. The minimum atomic E-state index is 0.300. The lowest BCUT2D eigenvalue weighted by atomic mass is 10.0. The van der Waals surface area contributed by atoms with Crippen molar-refractivity contribution in [2.24, 2.45) is 11.7 Å². The fourth-order valence-corrected chi connectivity index (χ4v) is 3.14. The van der Waals surface area contributed by atoms with Gasteiger partial charge in [-0.3, -0.25) is 4.90 Å². The molecule has 2 unspecified atom stereocenters. The molecule has 2 nitrogen and oxygen atoms in total. The first-order chi connectivity index (χ1) is 9.03. The minimum absolute atomic E-state index is 0.300. The molecule has 0 amide bonds. The number of aryl methyl sites for hydroxylation is 1. The maximum atomic E-state index is 6.04. The molecule has 0 heterocycles. The summed E-state index contributed by atoms with van der Waals surface area (Å²) in [7, 11) is 0. The van der Waals surface area contributed by atoms with Crippen molar-refractivity contribution in [3.63, 3.8) is 0 Å². The fourth-order valence-electron chi connectivity index (χ4n) is 2.38. The summed E-state index contributed by atoms with van der Waals surface area (Å²) in [4.78, 5) is 2.49. The van der Waals surface area contributed by atoms with Gasteiger partial charge in [0.25, 0.3) is 0 Å². The average Bonchev–Trinajstić information content (AvgIpc) is 2.40. The second kappa shape index (κ2) is 8.03. The van der Waals surface area contributed by atoms with E-state index in [4.69, 9.17) is 5.73 Å². The zero-order chi connectivity index (χ0) is 14.4. The van der Waals surface area contributed by atoms with Gasteiger partial charge in [0, 0.05) is 23.6 Å². The lowest BCUT2D eigenvalue weighted by Crippen LogP contribution is -2.36. The first kappa shape index (κ1) is 16.7. The van der Waals surface area contributed by atoms with Crippen molar-refractivity contribution < 1.29 is 0 Å². The topological polar surface area (TPSA) is 29.3 Å². The molecular formula is C16H27BrN2. The van der Waals surface area contributed by atoms with Crippen molar-refractivity contribution in [1.29, 1.82) is 0 Å². The summed E-state index contributed by atoms with van der Waals surface area (Å²) in [5, 5.41) is 0. The van der Waals surface area contributed by atoms with Gasteiger partial charge in [-0.15, -0.1) is 0 Å². The molecule has 1 aromatic carbocycles. The zero-order valence-electron chi connectivity index (χ0n) is 12.6. The van der Waals surface area contributed by atoms with E-state index in [1.54, 1.807) is 0 Å². The van der Waals surface area contributed by atoms with Crippen LogP contribution in [0.5, 0.6) is 0 Å². The predicted octanol–water partition coefficient (Wildman–Crippen LogP) is 4.13. The highest BCUT2D eigenvalue weighted by Gasteiger charge is 2.21. The third-order valence-electron chi connectivity index (χ3n) is 3.83. The Kier molecular flexibility index (Phi) is 7.05. The van der Waals surface area contributed by atoms with Gasteiger partial charge in [0.05, 0.1) is 0 Å². The first-order valence-electron chi connectivity index (χ1n) is 7.23. The third-order valence-corrected chi connectivity index (χ3v) is 4.52. The van der Waals surface area contributed by atoms with E-state index >= 15 is 0 Å². The van der Waals surface area contributed by atoms with Crippen molar-refractivity contribution in [2.45, 2.75) is 40.2 Å². The predicted molar refractivity (Wildman–Crippen MR) is 87.4 cm³/mol. The highest BCUT2D eigenvalue weighted by Crippen LogP contribution is 2.29. The van der Waals surface area contributed by atoms with Crippen LogP contribution in [0.25, 0.3) is 0 Å². The van der Waals surface area contributed by atoms with E-state index < -0.39 is 0 Å². The van der Waals surface area contributed by atoms with Crippen molar-refractivity contribution in [2.75, 3.05) is 19.6 Å². The molecule has 2 atom stereocenters. The molecule has 0 aliphatic heterocycles. The van der Waals surface area contributed by atoms with Gasteiger partial charge in [0.2, 0.25) is 0 Å². The van der Waals surface area contributed by atoms with Crippen LogP contribution in [0.3, 0.4) is 0 Å². The lowest BCUT2D eigenvalue weighted by Gasteiger charge is -2.32. The van der Waals surface area contributed by atoms with Gasteiger partial charge in [-0.1, -0.05) is 55.3 Å². The van der Waals surface area contributed by atoms with Crippen molar-refractivity contribution in [1.82, 2.24) is 4.90 Å². The molecule has 0 radical (unpaired) electrons. The smallest absolute Gasteiger partial charge is 0.0481 e. The maximum Gasteiger partial charge on any atom is 0.0481 e. The van der Waals surface area contributed by atoms with Crippen LogP contribution in [0.2, 0.25) is 0 Å². The van der Waals surface area contributed by atoms with Crippen LogP contribution in [0, 0.1) is 12.8 Å². The summed E-state index contributed by atoms with van der Waals surface area (Å²) < 4.78 is 1.17. The molecule has 1 aromatic rings. The summed E-state index contributed by atoms with van der Waals surface area (Å²) in [6, 6.07) is 6.85. The normalized spacial score (nSPS) is 14.7. The average molecular weight is 327 g/mol. The Labute approximate surface area is 126 Å². The Morgan fingerprint density at radius 3 is 2.47 bits per heavy atom. The van der Waals surface area contributed by atoms with Crippen molar-refractivity contribution in [3.8, 4) is 0 Å². The molecule has 0 aliphatic carbocycles. The lowest BCUT2D eigenvalue weighted by molar-refractivity contribution is 0.182. The van der Waals surface area contributed by atoms with E-state index in [1.807, 2.05) is 0 Å². The minimum Gasteiger partial charge on any atom is -0.329 e. The van der Waals surface area contributed by atoms with Gasteiger partial charge in [-0.05, 0) is 36.6 Å². The number of nitrogens with two attached hydrogens (primary N) is 1. The van der Waals surface area contributed by atoms with E-state index in [1.165, 1.54) is 22.0 Å². The Balaban J connectivity index is 2.96. The molecule has 108 valence electrons. The number of likely N-dealkylation sites (N-methyl/N-ethyl adjacent to an activating group) is 1.